The number of nitrogens with zero attached hydrogens (tertiary/aromatic N) is 1. The van der Waals surface area contributed by atoms with Gasteiger partial charge >= 0.3 is 5.69 Å². The van der Waals surface area contributed by atoms with Crippen molar-refractivity contribution in [3.05, 3.63) is 50.3 Å². The molecule has 2 rings (SSSR count). The lowest BCUT2D eigenvalue weighted by atomic mass is 10.0. The van der Waals surface area contributed by atoms with Gasteiger partial charge in [0, 0.05) is 10.8 Å². The van der Waals surface area contributed by atoms with E-state index in [4.69, 9.17) is 0 Å². The largest absolute Gasteiger partial charge is 0.389 e. The fraction of sp³-hybridized carbons (Fsp3) is 0.250. The SMILES string of the molecule is O=c1c([N+](=O)[O-])c[nH]c2ccc(C(O)C(O)CBr)cc12. The zero-order valence-electron chi connectivity index (χ0n) is 10.1. The first-order chi connectivity index (χ1) is 9.45. The van der Waals surface area contributed by atoms with Crippen LogP contribution < -0.4 is 5.43 Å². The Morgan fingerprint density at radius 2 is 2.10 bits per heavy atom. The van der Waals surface area contributed by atoms with Crippen molar-refractivity contribution in [2.45, 2.75) is 12.2 Å². The molecule has 2 unspecified atom stereocenters. The second kappa shape index (κ2) is 5.70. The number of aromatic nitrogens is 1. The molecule has 0 saturated carbocycles. The van der Waals surface area contributed by atoms with Crippen LogP contribution in [0.25, 0.3) is 10.9 Å². The summed E-state index contributed by atoms with van der Waals surface area (Å²) in [6.45, 7) is 0. The monoisotopic (exact) mass is 342 g/mol. The topological polar surface area (TPSA) is 116 Å². The highest BCUT2D eigenvalue weighted by Gasteiger charge is 2.20. The molecule has 0 radical (unpaired) electrons. The normalized spacial score (nSPS) is 14.2. The molecular weight excluding hydrogens is 332 g/mol. The van der Waals surface area contributed by atoms with E-state index in [1.165, 1.54) is 12.1 Å². The number of nitro groups is 1. The molecular formula is C12H11BrN2O5. The molecule has 1 aromatic heterocycles. The second-order valence-corrected chi connectivity index (χ2v) is 4.88. The Bertz CT molecular complexity index is 715. The van der Waals surface area contributed by atoms with E-state index in [-0.39, 0.29) is 10.7 Å². The Morgan fingerprint density at radius 1 is 1.40 bits per heavy atom. The van der Waals surface area contributed by atoms with Gasteiger partial charge in [-0.05, 0) is 17.7 Å². The van der Waals surface area contributed by atoms with Crippen LogP contribution in [-0.2, 0) is 0 Å². The minimum absolute atomic E-state index is 0.0949. The second-order valence-electron chi connectivity index (χ2n) is 4.23. The molecule has 0 bridgehead atoms. The van der Waals surface area contributed by atoms with Crippen molar-refractivity contribution < 1.29 is 15.1 Å². The van der Waals surface area contributed by atoms with E-state index in [1.54, 1.807) is 6.07 Å². The van der Waals surface area contributed by atoms with Gasteiger partial charge in [0.2, 0.25) is 0 Å². The highest BCUT2D eigenvalue weighted by molar-refractivity contribution is 9.09. The van der Waals surface area contributed by atoms with Crippen LogP contribution in [0.15, 0.2) is 29.2 Å². The maximum Gasteiger partial charge on any atom is 0.332 e. The zero-order valence-corrected chi connectivity index (χ0v) is 11.7. The number of pyridine rings is 1. The molecule has 0 fully saturated rings. The molecule has 2 aromatic rings. The molecule has 8 heteroatoms. The van der Waals surface area contributed by atoms with Crippen molar-refractivity contribution in [2.24, 2.45) is 0 Å². The third-order valence-corrected chi connectivity index (χ3v) is 3.61. The van der Waals surface area contributed by atoms with Gasteiger partial charge < -0.3 is 15.2 Å². The smallest absolute Gasteiger partial charge is 0.332 e. The van der Waals surface area contributed by atoms with Gasteiger partial charge in [-0.15, -0.1) is 0 Å². The third kappa shape index (κ3) is 2.58. The summed E-state index contributed by atoms with van der Waals surface area (Å²) in [4.78, 5) is 24.6. The summed E-state index contributed by atoms with van der Waals surface area (Å²) < 4.78 is 0. The molecule has 0 saturated heterocycles. The van der Waals surface area contributed by atoms with E-state index >= 15 is 0 Å². The number of benzene rings is 1. The molecule has 7 nitrogen and oxygen atoms in total. The molecule has 0 aliphatic heterocycles. The Labute approximate surface area is 121 Å². The van der Waals surface area contributed by atoms with Crippen LogP contribution in [0.1, 0.15) is 11.7 Å². The molecule has 0 aliphatic carbocycles. The highest BCUT2D eigenvalue weighted by Crippen LogP contribution is 2.22. The number of aromatic amines is 1. The number of rotatable bonds is 4. The van der Waals surface area contributed by atoms with E-state index in [9.17, 15) is 25.1 Å². The molecule has 0 amide bonds. The van der Waals surface area contributed by atoms with Gasteiger partial charge in [-0.3, -0.25) is 14.9 Å². The first-order valence-corrected chi connectivity index (χ1v) is 6.79. The summed E-state index contributed by atoms with van der Waals surface area (Å²) >= 11 is 3.04. The van der Waals surface area contributed by atoms with Crippen molar-refractivity contribution in [3.8, 4) is 0 Å². The quantitative estimate of drug-likeness (QED) is 0.439. The third-order valence-electron chi connectivity index (χ3n) is 2.95. The number of halogens is 1. The average Bonchev–Trinajstić information content (AvgIpc) is 2.45. The molecule has 1 heterocycles. The number of aliphatic hydroxyl groups is 2. The summed E-state index contributed by atoms with van der Waals surface area (Å²) in [6, 6.07) is 4.42. The summed E-state index contributed by atoms with van der Waals surface area (Å²) in [5.74, 6) is 0. The van der Waals surface area contributed by atoms with E-state index in [2.05, 4.69) is 20.9 Å². The van der Waals surface area contributed by atoms with Crippen LogP contribution in [0.3, 0.4) is 0 Å². The van der Waals surface area contributed by atoms with E-state index in [1.807, 2.05) is 0 Å². The fourth-order valence-corrected chi connectivity index (χ4v) is 2.21. The van der Waals surface area contributed by atoms with Crippen LogP contribution in [0.2, 0.25) is 0 Å². The number of fused-ring (bicyclic) bond motifs is 1. The number of hydrogen-bond acceptors (Lipinski definition) is 5. The van der Waals surface area contributed by atoms with Crippen LogP contribution >= 0.6 is 15.9 Å². The standard InChI is InChI=1S/C12H11BrN2O5/c13-4-10(16)11(17)6-1-2-8-7(3-6)12(18)9(5-14-8)15(19)20/h1-3,5,10-11,16-17H,4H2,(H,14,18). The molecule has 0 aliphatic rings. The molecule has 1 aromatic carbocycles. The first kappa shape index (κ1) is 14.6. The van der Waals surface area contributed by atoms with Gasteiger partial charge in [-0.25, -0.2) is 0 Å². The Hall–Kier alpha value is -1.77. The van der Waals surface area contributed by atoms with E-state index in [0.717, 1.165) is 6.20 Å². The van der Waals surface area contributed by atoms with Gasteiger partial charge in [0.05, 0.1) is 22.6 Å². The number of H-pyrrole nitrogens is 1. The van der Waals surface area contributed by atoms with Gasteiger partial charge in [-0.1, -0.05) is 22.0 Å². The van der Waals surface area contributed by atoms with Crippen molar-refractivity contribution in [1.82, 2.24) is 4.98 Å². The number of alkyl halides is 1. The molecule has 20 heavy (non-hydrogen) atoms. The number of nitrogens with one attached hydrogen (secondary N) is 1. The molecule has 0 spiro atoms. The lowest BCUT2D eigenvalue weighted by molar-refractivity contribution is -0.386. The Balaban J connectivity index is 2.60. The highest BCUT2D eigenvalue weighted by atomic mass is 79.9. The average molecular weight is 343 g/mol. The van der Waals surface area contributed by atoms with Crippen molar-refractivity contribution in [3.63, 3.8) is 0 Å². The predicted octanol–water partition coefficient (Wildman–Crippen LogP) is 1.23. The van der Waals surface area contributed by atoms with Crippen LogP contribution in [0, 0.1) is 10.1 Å². The van der Waals surface area contributed by atoms with Crippen LogP contribution in [0.5, 0.6) is 0 Å². The van der Waals surface area contributed by atoms with Crippen molar-refractivity contribution in [1.29, 1.82) is 0 Å². The van der Waals surface area contributed by atoms with Gasteiger partial charge in [-0.2, -0.15) is 0 Å². The summed E-state index contributed by atoms with van der Waals surface area (Å²) in [5.41, 5.74) is -0.559. The lowest BCUT2D eigenvalue weighted by Gasteiger charge is -2.16. The lowest BCUT2D eigenvalue weighted by Crippen LogP contribution is -2.19. The first-order valence-electron chi connectivity index (χ1n) is 5.67. The maximum atomic E-state index is 12.0. The minimum Gasteiger partial charge on any atom is -0.389 e. The summed E-state index contributed by atoms with van der Waals surface area (Å²) in [6.07, 6.45) is -1.18. The number of hydrogen-bond donors (Lipinski definition) is 3. The molecule has 2 atom stereocenters. The van der Waals surface area contributed by atoms with E-state index in [0.29, 0.717) is 11.1 Å². The Kier molecular flexibility index (Phi) is 4.17. The molecule has 106 valence electrons. The minimum atomic E-state index is -1.18. The summed E-state index contributed by atoms with van der Waals surface area (Å²) in [5, 5.41) is 30.5. The summed E-state index contributed by atoms with van der Waals surface area (Å²) in [7, 11) is 0. The Morgan fingerprint density at radius 3 is 2.70 bits per heavy atom. The van der Waals surface area contributed by atoms with Gasteiger partial charge in [0.15, 0.2) is 0 Å². The van der Waals surface area contributed by atoms with E-state index < -0.39 is 28.2 Å². The maximum absolute atomic E-state index is 12.0. The molecule has 3 N–H and O–H groups in total. The predicted molar refractivity (Wildman–Crippen MR) is 76.0 cm³/mol. The van der Waals surface area contributed by atoms with Crippen LogP contribution in [-0.4, -0.2) is 31.6 Å². The zero-order chi connectivity index (χ0) is 14.9. The van der Waals surface area contributed by atoms with Crippen LogP contribution in [0.4, 0.5) is 5.69 Å². The van der Waals surface area contributed by atoms with Crippen molar-refractivity contribution >= 4 is 32.5 Å². The van der Waals surface area contributed by atoms with Gasteiger partial charge in [0.25, 0.3) is 5.43 Å². The van der Waals surface area contributed by atoms with Gasteiger partial charge in [0.1, 0.15) is 6.10 Å². The number of aliphatic hydroxyl groups excluding tert-OH is 2. The fourth-order valence-electron chi connectivity index (χ4n) is 1.85. The van der Waals surface area contributed by atoms with Crippen molar-refractivity contribution in [2.75, 3.05) is 5.33 Å².